The Kier molecular flexibility index (Phi) is 4.35. The van der Waals surface area contributed by atoms with Crippen LogP contribution in [0, 0.1) is 0 Å². The van der Waals surface area contributed by atoms with E-state index < -0.39 is 0 Å². The van der Waals surface area contributed by atoms with Gasteiger partial charge in [0.2, 0.25) is 0 Å². The monoisotopic (exact) mass is 270 g/mol. The number of nitrogens with one attached hydrogen (secondary N) is 1. The van der Waals surface area contributed by atoms with E-state index in [0.29, 0.717) is 13.1 Å². The van der Waals surface area contributed by atoms with E-state index in [0.717, 1.165) is 22.8 Å². The molecule has 0 aliphatic heterocycles. The van der Waals surface area contributed by atoms with Crippen LogP contribution in [-0.2, 0) is 5.41 Å². The van der Waals surface area contributed by atoms with E-state index >= 15 is 0 Å². The van der Waals surface area contributed by atoms with Crippen LogP contribution in [0.5, 0.6) is 0 Å². The van der Waals surface area contributed by atoms with Crippen molar-refractivity contribution in [3.63, 3.8) is 0 Å². The zero-order chi connectivity index (χ0) is 14.6. The van der Waals surface area contributed by atoms with Gasteiger partial charge in [-0.25, -0.2) is 9.97 Å². The van der Waals surface area contributed by atoms with Gasteiger partial charge in [-0.3, -0.25) is 0 Å². The van der Waals surface area contributed by atoms with E-state index in [2.05, 4.69) is 43.2 Å². The zero-order valence-corrected chi connectivity index (χ0v) is 12.4. The van der Waals surface area contributed by atoms with Gasteiger partial charge in [-0.15, -0.1) is 0 Å². The van der Waals surface area contributed by atoms with Gasteiger partial charge in [-0.05, 0) is 0 Å². The fourth-order valence-electron chi connectivity index (χ4n) is 1.90. The summed E-state index contributed by atoms with van der Waals surface area (Å²) in [4.78, 5) is 9.23. The summed E-state index contributed by atoms with van der Waals surface area (Å²) in [6.45, 7) is 7.63. The molecule has 0 saturated heterocycles. The van der Waals surface area contributed by atoms with Gasteiger partial charge in [0.15, 0.2) is 0 Å². The molecule has 2 aromatic rings. The number of nitrogens with zero attached hydrogens (tertiary/aromatic N) is 2. The first-order valence-corrected chi connectivity index (χ1v) is 6.89. The minimum atomic E-state index is -0.0735. The van der Waals surface area contributed by atoms with Gasteiger partial charge < -0.3 is 11.1 Å². The molecule has 106 valence electrons. The van der Waals surface area contributed by atoms with Crippen molar-refractivity contribution in [1.82, 2.24) is 9.97 Å². The van der Waals surface area contributed by atoms with Gasteiger partial charge in [-0.1, -0.05) is 51.1 Å². The molecular formula is C16H22N4. The van der Waals surface area contributed by atoms with Gasteiger partial charge in [0.05, 0.1) is 17.6 Å². The van der Waals surface area contributed by atoms with Crippen molar-refractivity contribution in [1.29, 1.82) is 0 Å². The molecule has 20 heavy (non-hydrogen) atoms. The average Bonchev–Trinajstić information content (AvgIpc) is 2.45. The lowest BCUT2D eigenvalue weighted by molar-refractivity contribution is 0.546. The maximum absolute atomic E-state index is 5.56. The van der Waals surface area contributed by atoms with Crippen molar-refractivity contribution in [2.75, 3.05) is 18.4 Å². The van der Waals surface area contributed by atoms with Crippen molar-refractivity contribution in [3.05, 3.63) is 42.4 Å². The van der Waals surface area contributed by atoms with Crippen molar-refractivity contribution in [2.24, 2.45) is 5.73 Å². The van der Waals surface area contributed by atoms with E-state index in [1.165, 1.54) is 0 Å². The first-order chi connectivity index (χ1) is 9.52. The highest BCUT2D eigenvalue weighted by Crippen LogP contribution is 2.28. The number of hydrogen-bond donors (Lipinski definition) is 2. The van der Waals surface area contributed by atoms with E-state index in [-0.39, 0.29) is 5.41 Å². The lowest BCUT2D eigenvalue weighted by Crippen LogP contribution is -2.18. The Morgan fingerprint density at radius 2 is 1.85 bits per heavy atom. The molecule has 0 aliphatic carbocycles. The molecule has 0 saturated carbocycles. The lowest BCUT2D eigenvalue weighted by Gasteiger charge is -2.19. The Morgan fingerprint density at radius 1 is 1.15 bits per heavy atom. The summed E-state index contributed by atoms with van der Waals surface area (Å²) in [6, 6.07) is 10.1. The van der Waals surface area contributed by atoms with Crippen molar-refractivity contribution >= 4 is 5.69 Å². The predicted octanol–water partition coefficient (Wildman–Crippen LogP) is 2.81. The van der Waals surface area contributed by atoms with Crippen LogP contribution in [0.2, 0.25) is 0 Å². The Hall–Kier alpha value is -1.94. The SMILES string of the molecule is CC(C)(C)c1ncc(NCCN)c(-c2ccccc2)n1. The highest BCUT2D eigenvalue weighted by molar-refractivity contribution is 5.73. The molecule has 3 N–H and O–H groups in total. The van der Waals surface area contributed by atoms with E-state index in [1.54, 1.807) is 0 Å². The highest BCUT2D eigenvalue weighted by Gasteiger charge is 2.19. The summed E-state index contributed by atoms with van der Waals surface area (Å²) in [5.41, 5.74) is 8.43. The molecule has 2 rings (SSSR count). The molecule has 0 bridgehead atoms. The number of aromatic nitrogens is 2. The molecule has 0 radical (unpaired) electrons. The predicted molar refractivity (Wildman–Crippen MR) is 83.7 cm³/mol. The summed E-state index contributed by atoms with van der Waals surface area (Å²) >= 11 is 0. The summed E-state index contributed by atoms with van der Waals surface area (Å²) < 4.78 is 0. The zero-order valence-electron chi connectivity index (χ0n) is 12.4. The summed E-state index contributed by atoms with van der Waals surface area (Å²) in [6.07, 6.45) is 1.85. The third-order valence-corrected chi connectivity index (χ3v) is 2.97. The molecule has 0 amide bonds. The molecule has 0 atom stereocenters. The van der Waals surface area contributed by atoms with E-state index in [4.69, 9.17) is 10.7 Å². The number of anilines is 1. The van der Waals surface area contributed by atoms with Gasteiger partial charge in [0.1, 0.15) is 5.82 Å². The maximum Gasteiger partial charge on any atom is 0.134 e. The van der Waals surface area contributed by atoms with Crippen LogP contribution in [0.15, 0.2) is 36.5 Å². The second kappa shape index (κ2) is 6.01. The second-order valence-corrected chi connectivity index (χ2v) is 5.79. The van der Waals surface area contributed by atoms with Gasteiger partial charge in [0.25, 0.3) is 0 Å². The van der Waals surface area contributed by atoms with Crippen LogP contribution in [-0.4, -0.2) is 23.1 Å². The molecule has 4 heteroatoms. The minimum Gasteiger partial charge on any atom is -0.381 e. The molecule has 0 aliphatic rings. The molecule has 1 heterocycles. The normalized spacial score (nSPS) is 11.4. The Labute approximate surface area is 120 Å². The molecule has 4 nitrogen and oxygen atoms in total. The number of hydrogen-bond acceptors (Lipinski definition) is 4. The Bertz CT molecular complexity index is 558. The standard InChI is InChI=1S/C16H22N4/c1-16(2,3)15-19-11-13(18-10-9-17)14(20-15)12-7-5-4-6-8-12/h4-8,11,18H,9-10,17H2,1-3H3. The molecule has 1 aromatic carbocycles. The molecule has 0 spiro atoms. The van der Waals surface area contributed by atoms with Crippen LogP contribution in [0.3, 0.4) is 0 Å². The quantitative estimate of drug-likeness (QED) is 0.896. The van der Waals surface area contributed by atoms with Gasteiger partial charge in [-0.2, -0.15) is 0 Å². The number of benzene rings is 1. The first-order valence-electron chi connectivity index (χ1n) is 6.89. The van der Waals surface area contributed by atoms with Crippen LogP contribution in [0.25, 0.3) is 11.3 Å². The third-order valence-electron chi connectivity index (χ3n) is 2.97. The van der Waals surface area contributed by atoms with Crippen LogP contribution < -0.4 is 11.1 Å². The Morgan fingerprint density at radius 3 is 2.45 bits per heavy atom. The number of nitrogens with two attached hydrogens (primary N) is 1. The third kappa shape index (κ3) is 3.33. The van der Waals surface area contributed by atoms with Crippen molar-refractivity contribution < 1.29 is 0 Å². The fraction of sp³-hybridized carbons (Fsp3) is 0.375. The first kappa shape index (κ1) is 14.5. The average molecular weight is 270 g/mol. The van der Waals surface area contributed by atoms with Crippen LogP contribution in [0.4, 0.5) is 5.69 Å². The summed E-state index contributed by atoms with van der Waals surface area (Å²) in [5.74, 6) is 0.842. The van der Waals surface area contributed by atoms with E-state index in [1.807, 2.05) is 24.4 Å². The minimum absolute atomic E-state index is 0.0735. The molecular weight excluding hydrogens is 248 g/mol. The summed E-state index contributed by atoms with van der Waals surface area (Å²) in [7, 11) is 0. The van der Waals surface area contributed by atoms with Crippen LogP contribution in [0.1, 0.15) is 26.6 Å². The fourth-order valence-corrected chi connectivity index (χ4v) is 1.90. The van der Waals surface area contributed by atoms with Crippen molar-refractivity contribution in [2.45, 2.75) is 26.2 Å². The smallest absolute Gasteiger partial charge is 0.134 e. The second-order valence-electron chi connectivity index (χ2n) is 5.79. The lowest BCUT2D eigenvalue weighted by atomic mass is 9.95. The Balaban J connectivity index is 2.48. The maximum atomic E-state index is 5.56. The van der Waals surface area contributed by atoms with Gasteiger partial charge >= 0.3 is 0 Å². The van der Waals surface area contributed by atoms with Crippen LogP contribution >= 0.6 is 0 Å². The highest BCUT2D eigenvalue weighted by atomic mass is 15.0. The molecule has 0 unspecified atom stereocenters. The van der Waals surface area contributed by atoms with Crippen molar-refractivity contribution in [3.8, 4) is 11.3 Å². The molecule has 1 aromatic heterocycles. The number of rotatable bonds is 4. The largest absolute Gasteiger partial charge is 0.381 e. The molecule has 0 fully saturated rings. The summed E-state index contributed by atoms with van der Waals surface area (Å²) in [5, 5.41) is 3.29. The van der Waals surface area contributed by atoms with Gasteiger partial charge in [0, 0.05) is 24.1 Å². The van der Waals surface area contributed by atoms with E-state index in [9.17, 15) is 0 Å². The topological polar surface area (TPSA) is 63.8 Å².